The van der Waals surface area contributed by atoms with Gasteiger partial charge in [-0.3, -0.25) is 0 Å². The van der Waals surface area contributed by atoms with Crippen LogP contribution in [0.1, 0.15) is 73.6 Å². The molecule has 2 unspecified atom stereocenters. The molecular formula is C26H50O5Si2. The molecule has 0 saturated carbocycles. The van der Waals surface area contributed by atoms with Crippen molar-refractivity contribution >= 4 is 28.3 Å². The topological polar surface area (TPSA) is 61.8 Å². The van der Waals surface area contributed by atoms with Gasteiger partial charge in [-0.2, -0.15) is 0 Å². The summed E-state index contributed by atoms with van der Waals surface area (Å²) in [4.78, 5) is 23.4. The number of rotatable bonds is 16. The normalized spacial score (nSPS) is 15.8. The Bertz CT molecular complexity index is 701. The maximum atomic E-state index is 11.7. The van der Waals surface area contributed by atoms with Crippen LogP contribution in [0, 0.1) is 0 Å². The Balaban J connectivity index is 5.23. The van der Waals surface area contributed by atoms with E-state index in [-0.39, 0.29) is 22.2 Å². The van der Waals surface area contributed by atoms with Crippen LogP contribution in [-0.2, 0) is 23.5 Å². The van der Waals surface area contributed by atoms with Crippen molar-refractivity contribution in [3.8, 4) is 0 Å². The average Bonchev–Trinajstić information content (AvgIpc) is 2.72. The molecule has 2 atom stereocenters. The zero-order chi connectivity index (χ0) is 26.1. The minimum Gasteiger partial charge on any atom is -0.462 e. The minimum absolute atomic E-state index is 0.0700. The van der Waals surface area contributed by atoms with Gasteiger partial charge >= 0.3 is 11.9 Å². The number of hydrogen-bond donors (Lipinski definition) is 0. The second-order valence-electron chi connectivity index (χ2n) is 11.0. The summed E-state index contributed by atoms with van der Waals surface area (Å²) in [5.74, 6) is -0.633. The molecule has 0 aliphatic rings. The van der Waals surface area contributed by atoms with E-state index in [2.05, 4.69) is 67.0 Å². The summed E-state index contributed by atoms with van der Waals surface area (Å²) in [7, 11) is -3.93. The van der Waals surface area contributed by atoms with Crippen LogP contribution in [0.25, 0.3) is 0 Å². The van der Waals surface area contributed by atoms with Crippen molar-refractivity contribution < 1.29 is 23.5 Å². The van der Waals surface area contributed by atoms with Crippen molar-refractivity contribution in [2.45, 2.75) is 116 Å². The quantitative estimate of drug-likeness (QED) is 0.0974. The number of ether oxygens (including phenoxy) is 2. The molecule has 0 rings (SSSR count). The molecule has 0 N–H and O–H groups in total. The first-order valence-corrected chi connectivity index (χ1v) is 18.5. The molecule has 0 aromatic rings. The summed E-state index contributed by atoms with van der Waals surface area (Å²) < 4.78 is 17.8. The van der Waals surface area contributed by atoms with E-state index in [0.29, 0.717) is 24.4 Å². The van der Waals surface area contributed by atoms with Crippen molar-refractivity contribution in [3.05, 3.63) is 24.3 Å². The van der Waals surface area contributed by atoms with Crippen LogP contribution in [0.4, 0.5) is 0 Å². The molecule has 0 aliphatic carbocycles. The van der Waals surface area contributed by atoms with Gasteiger partial charge < -0.3 is 13.9 Å². The highest BCUT2D eigenvalue weighted by molar-refractivity contribution is 6.82. The fourth-order valence-corrected chi connectivity index (χ4v) is 11.6. The van der Waals surface area contributed by atoms with E-state index in [4.69, 9.17) is 13.9 Å². The molecule has 0 bridgehead atoms. The monoisotopic (exact) mass is 498 g/mol. The second-order valence-corrected chi connectivity index (χ2v) is 20.8. The van der Waals surface area contributed by atoms with Crippen LogP contribution >= 0.6 is 0 Å². The van der Waals surface area contributed by atoms with Crippen LogP contribution in [0.15, 0.2) is 24.3 Å². The van der Waals surface area contributed by atoms with Gasteiger partial charge in [0, 0.05) is 16.4 Å². The fourth-order valence-electron chi connectivity index (χ4n) is 4.10. The summed E-state index contributed by atoms with van der Waals surface area (Å²) in [6.45, 7) is 30.0. The maximum Gasteiger partial charge on any atom is 0.333 e. The van der Waals surface area contributed by atoms with Crippen molar-refractivity contribution in [3.63, 3.8) is 0 Å². The molecule has 0 aromatic heterocycles. The highest BCUT2D eigenvalue weighted by atomic mass is 28.4. The minimum atomic E-state index is -2.12. The Hall–Kier alpha value is -1.19. The largest absolute Gasteiger partial charge is 0.462 e. The highest BCUT2D eigenvalue weighted by Crippen LogP contribution is 2.49. The second kappa shape index (κ2) is 13.0. The SMILES string of the molecule is C=C(C)C(=O)OCCCC(C)(CC)[Si](C)(C)OC(C)(CC)[Si](C)(C)CCCOC(=O)C(=C)C. The van der Waals surface area contributed by atoms with Gasteiger partial charge in [0.15, 0.2) is 8.32 Å². The standard InChI is InChI=1S/C26H50O5Si2/c1-13-25(7,17-15-18-29-23(27)21(3)4)33(11,12)31-26(8,14-2)32(9,10)20-16-19-30-24(28)22(5)6/h3,5,13-20H2,1-2,4,6-12H3. The average molecular weight is 499 g/mol. The fraction of sp³-hybridized carbons (Fsp3) is 0.769. The molecule has 5 nitrogen and oxygen atoms in total. The Morgan fingerprint density at radius 1 is 0.818 bits per heavy atom. The van der Waals surface area contributed by atoms with Gasteiger partial charge in [0.2, 0.25) is 0 Å². The summed E-state index contributed by atoms with van der Waals surface area (Å²) >= 11 is 0. The zero-order valence-electron chi connectivity index (χ0n) is 23.1. The molecule has 33 heavy (non-hydrogen) atoms. The third kappa shape index (κ3) is 9.17. The van der Waals surface area contributed by atoms with Gasteiger partial charge in [-0.1, -0.05) is 59.5 Å². The van der Waals surface area contributed by atoms with Gasteiger partial charge in [0.25, 0.3) is 0 Å². The van der Waals surface area contributed by atoms with Crippen molar-refractivity contribution in [1.29, 1.82) is 0 Å². The molecule has 0 fully saturated rings. The lowest BCUT2D eigenvalue weighted by atomic mass is 10.0. The van der Waals surface area contributed by atoms with E-state index < -0.39 is 16.4 Å². The predicted molar refractivity (Wildman–Crippen MR) is 144 cm³/mol. The number of carbonyl (C=O) groups is 2. The first-order chi connectivity index (χ1) is 15.0. The molecule has 0 aliphatic heterocycles. The van der Waals surface area contributed by atoms with Gasteiger partial charge in [-0.05, 0) is 64.6 Å². The zero-order valence-corrected chi connectivity index (χ0v) is 25.1. The lowest BCUT2D eigenvalue weighted by Crippen LogP contribution is -2.60. The first kappa shape index (κ1) is 31.8. The predicted octanol–water partition coefficient (Wildman–Crippen LogP) is 7.20. The van der Waals surface area contributed by atoms with Gasteiger partial charge in [-0.25, -0.2) is 9.59 Å². The molecule has 0 spiro atoms. The van der Waals surface area contributed by atoms with E-state index in [1.165, 1.54) is 0 Å². The molecular weight excluding hydrogens is 448 g/mol. The summed E-state index contributed by atoms with van der Waals surface area (Å²) in [6.07, 6.45) is 4.62. The van der Waals surface area contributed by atoms with Crippen LogP contribution in [0.5, 0.6) is 0 Å². The lowest BCUT2D eigenvalue weighted by Gasteiger charge is -2.52. The molecule has 0 saturated heterocycles. The van der Waals surface area contributed by atoms with E-state index in [1.54, 1.807) is 13.8 Å². The van der Waals surface area contributed by atoms with Crippen LogP contribution in [0.2, 0.25) is 37.3 Å². The number of esters is 2. The van der Waals surface area contributed by atoms with E-state index in [9.17, 15) is 9.59 Å². The summed E-state index contributed by atoms with van der Waals surface area (Å²) in [5.41, 5.74) is 0.876. The summed E-state index contributed by atoms with van der Waals surface area (Å²) in [5, 5.41) is -0.0928. The van der Waals surface area contributed by atoms with E-state index in [1.807, 2.05) is 0 Å². The molecule has 0 radical (unpaired) electrons. The Kier molecular flexibility index (Phi) is 12.6. The van der Waals surface area contributed by atoms with E-state index >= 15 is 0 Å². The highest BCUT2D eigenvalue weighted by Gasteiger charge is 2.51. The molecule has 0 amide bonds. The number of hydrogen-bond acceptors (Lipinski definition) is 5. The molecule has 0 aromatic carbocycles. The Labute approximate surface area is 205 Å². The molecule has 7 heteroatoms. The van der Waals surface area contributed by atoms with E-state index in [0.717, 1.165) is 38.1 Å². The maximum absolute atomic E-state index is 11.7. The first-order valence-electron chi connectivity index (χ1n) is 12.3. The third-order valence-electron chi connectivity index (χ3n) is 7.80. The Morgan fingerprint density at radius 3 is 1.67 bits per heavy atom. The van der Waals surface area contributed by atoms with Crippen molar-refractivity contribution in [2.75, 3.05) is 13.2 Å². The molecule has 0 heterocycles. The van der Waals surface area contributed by atoms with Crippen molar-refractivity contribution in [2.24, 2.45) is 0 Å². The van der Waals surface area contributed by atoms with Gasteiger partial charge in [-0.15, -0.1) is 0 Å². The summed E-state index contributed by atoms with van der Waals surface area (Å²) in [6, 6.07) is 1.03. The van der Waals surface area contributed by atoms with Crippen LogP contribution in [-0.4, -0.2) is 46.8 Å². The van der Waals surface area contributed by atoms with Crippen molar-refractivity contribution in [1.82, 2.24) is 0 Å². The number of carbonyl (C=O) groups excluding carboxylic acids is 2. The lowest BCUT2D eigenvalue weighted by molar-refractivity contribution is -0.139. The van der Waals surface area contributed by atoms with Crippen LogP contribution < -0.4 is 0 Å². The van der Waals surface area contributed by atoms with Crippen LogP contribution in [0.3, 0.4) is 0 Å². The smallest absolute Gasteiger partial charge is 0.333 e. The third-order valence-corrected chi connectivity index (χ3v) is 17.4. The Morgan fingerprint density at radius 2 is 1.27 bits per heavy atom. The van der Waals surface area contributed by atoms with Gasteiger partial charge in [0.05, 0.1) is 21.3 Å². The van der Waals surface area contributed by atoms with Gasteiger partial charge in [0.1, 0.15) is 0 Å². The molecule has 192 valence electrons.